The van der Waals surface area contributed by atoms with E-state index in [0.717, 1.165) is 0 Å². The minimum Gasteiger partial charge on any atom is -0.396 e. The van der Waals surface area contributed by atoms with Gasteiger partial charge in [-0.1, -0.05) is 0 Å². The van der Waals surface area contributed by atoms with Crippen LogP contribution < -0.4 is 16.8 Å². The van der Waals surface area contributed by atoms with Crippen molar-refractivity contribution in [2.24, 2.45) is 12.8 Å². The Hall–Kier alpha value is -2.05. The van der Waals surface area contributed by atoms with Gasteiger partial charge in [-0.25, -0.2) is 0 Å². The number of nitrogens with one attached hydrogen (secondary N) is 1. The molecule has 1 aromatic rings. The van der Waals surface area contributed by atoms with Gasteiger partial charge >= 0.3 is 0 Å². The summed E-state index contributed by atoms with van der Waals surface area (Å²) in [5, 5.41) is 6.48. The summed E-state index contributed by atoms with van der Waals surface area (Å²) in [5.41, 5.74) is 11.2. The van der Waals surface area contributed by atoms with Crippen molar-refractivity contribution in [2.75, 3.05) is 12.3 Å². The minimum absolute atomic E-state index is 0.251. The van der Waals surface area contributed by atoms with Gasteiger partial charge in [-0.15, -0.1) is 0 Å². The second kappa shape index (κ2) is 5.15. The van der Waals surface area contributed by atoms with Crippen LogP contribution in [0.5, 0.6) is 0 Å². The molecule has 1 heterocycles. The van der Waals surface area contributed by atoms with Crippen LogP contribution >= 0.6 is 0 Å². The highest BCUT2D eigenvalue weighted by atomic mass is 16.2. The monoisotopic (exact) mass is 225 g/mol. The van der Waals surface area contributed by atoms with Gasteiger partial charge in [-0.3, -0.25) is 14.3 Å². The molecule has 0 aromatic carbocycles. The summed E-state index contributed by atoms with van der Waals surface area (Å²) >= 11 is 0. The first-order valence-corrected chi connectivity index (χ1v) is 4.86. The molecule has 0 bridgehead atoms. The summed E-state index contributed by atoms with van der Waals surface area (Å²) in [5.74, 6) is -0.684. The predicted octanol–water partition coefficient (Wildman–Crippen LogP) is -1.00. The molecule has 0 spiro atoms. The molecule has 0 unspecified atom stereocenters. The quantitative estimate of drug-likeness (QED) is 0.557. The van der Waals surface area contributed by atoms with Gasteiger partial charge in [0.15, 0.2) is 0 Å². The lowest BCUT2D eigenvalue weighted by Crippen LogP contribution is -2.28. The van der Waals surface area contributed by atoms with Crippen molar-refractivity contribution in [1.29, 1.82) is 0 Å². The van der Waals surface area contributed by atoms with E-state index in [-0.39, 0.29) is 18.2 Å². The summed E-state index contributed by atoms with van der Waals surface area (Å²) in [6.45, 7) is 0.381. The third-order valence-corrected chi connectivity index (χ3v) is 2.07. The Kier molecular flexibility index (Phi) is 3.87. The van der Waals surface area contributed by atoms with E-state index in [1.165, 1.54) is 10.9 Å². The fraction of sp³-hybridized carbons (Fsp3) is 0.444. The van der Waals surface area contributed by atoms with Crippen molar-refractivity contribution in [3.05, 3.63) is 11.9 Å². The van der Waals surface area contributed by atoms with Crippen LogP contribution in [-0.4, -0.2) is 28.1 Å². The standard InChI is InChI=1S/C9H15N5O2/c1-14-8(6(10)5-13-14)9(16)12-4-2-3-7(11)15/h5H,2-4,10H2,1H3,(H2,11,15)(H,12,16). The number of primary amides is 1. The smallest absolute Gasteiger partial charge is 0.271 e. The fourth-order valence-corrected chi connectivity index (χ4v) is 1.28. The van der Waals surface area contributed by atoms with Crippen molar-refractivity contribution in [1.82, 2.24) is 15.1 Å². The largest absolute Gasteiger partial charge is 0.396 e. The Labute approximate surface area is 92.8 Å². The Morgan fingerprint density at radius 1 is 1.56 bits per heavy atom. The number of rotatable bonds is 5. The number of nitrogens with zero attached hydrogens (tertiary/aromatic N) is 2. The van der Waals surface area contributed by atoms with Crippen LogP contribution in [0.15, 0.2) is 6.20 Å². The molecule has 88 valence electrons. The van der Waals surface area contributed by atoms with Gasteiger partial charge in [-0.05, 0) is 6.42 Å². The van der Waals surface area contributed by atoms with E-state index in [4.69, 9.17) is 11.5 Å². The molecule has 0 saturated carbocycles. The first kappa shape index (κ1) is 12.0. The lowest BCUT2D eigenvalue weighted by atomic mass is 10.3. The average molecular weight is 225 g/mol. The number of hydrogen-bond acceptors (Lipinski definition) is 4. The molecule has 5 N–H and O–H groups in total. The van der Waals surface area contributed by atoms with Gasteiger partial charge < -0.3 is 16.8 Å². The predicted molar refractivity (Wildman–Crippen MR) is 58.4 cm³/mol. The van der Waals surface area contributed by atoms with E-state index in [9.17, 15) is 9.59 Å². The van der Waals surface area contributed by atoms with E-state index in [1.807, 2.05) is 0 Å². The summed E-state index contributed by atoms with van der Waals surface area (Å²) < 4.78 is 1.40. The molecule has 7 heteroatoms. The highest BCUT2D eigenvalue weighted by Gasteiger charge is 2.13. The number of hydrogen-bond donors (Lipinski definition) is 3. The lowest BCUT2D eigenvalue weighted by Gasteiger charge is -2.05. The van der Waals surface area contributed by atoms with Crippen molar-refractivity contribution in [2.45, 2.75) is 12.8 Å². The molecule has 0 saturated heterocycles. The van der Waals surface area contributed by atoms with Crippen molar-refractivity contribution in [3.63, 3.8) is 0 Å². The topological polar surface area (TPSA) is 116 Å². The molecular formula is C9H15N5O2. The molecule has 7 nitrogen and oxygen atoms in total. The Morgan fingerprint density at radius 2 is 2.25 bits per heavy atom. The van der Waals surface area contributed by atoms with E-state index >= 15 is 0 Å². The van der Waals surface area contributed by atoms with Crippen LogP contribution in [0.1, 0.15) is 23.3 Å². The molecule has 0 radical (unpaired) electrons. The molecule has 0 aliphatic carbocycles. The fourth-order valence-electron chi connectivity index (χ4n) is 1.28. The SMILES string of the molecule is Cn1ncc(N)c1C(=O)NCCCC(N)=O. The molecule has 0 atom stereocenters. The second-order valence-electron chi connectivity index (χ2n) is 3.40. The lowest BCUT2D eigenvalue weighted by molar-refractivity contribution is -0.118. The normalized spacial score (nSPS) is 10.1. The molecule has 2 amide bonds. The van der Waals surface area contributed by atoms with E-state index in [1.54, 1.807) is 7.05 Å². The number of anilines is 1. The zero-order valence-electron chi connectivity index (χ0n) is 9.06. The van der Waals surface area contributed by atoms with Crippen LogP contribution in [0.4, 0.5) is 5.69 Å². The highest BCUT2D eigenvalue weighted by Crippen LogP contribution is 2.08. The van der Waals surface area contributed by atoms with Crippen LogP contribution in [0.3, 0.4) is 0 Å². The number of amides is 2. The van der Waals surface area contributed by atoms with E-state index in [0.29, 0.717) is 24.3 Å². The van der Waals surface area contributed by atoms with Gasteiger partial charge in [0.2, 0.25) is 5.91 Å². The van der Waals surface area contributed by atoms with Crippen molar-refractivity contribution >= 4 is 17.5 Å². The maximum atomic E-state index is 11.6. The molecule has 0 aliphatic rings. The Balaban J connectivity index is 2.44. The van der Waals surface area contributed by atoms with Gasteiger partial charge in [0.25, 0.3) is 5.91 Å². The number of aryl methyl sites for hydroxylation is 1. The molecule has 1 rings (SSSR count). The molecule has 1 aromatic heterocycles. The number of nitrogens with two attached hydrogens (primary N) is 2. The molecule has 16 heavy (non-hydrogen) atoms. The van der Waals surface area contributed by atoms with Crippen molar-refractivity contribution in [3.8, 4) is 0 Å². The minimum atomic E-state index is -0.380. The summed E-state index contributed by atoms with van der Waals surface area (Å²) in [6.07, 6.45) is 2.18. The number of carbonyl (C=O) groups excluding carboxylic acids is 2. The third-order valence-electron chi connectivity index (χ3n) is 2.07. The number of aromatic nitrogens is 2. The van der Waals surface area contributed by atoms with Gasteiger partial charge in [0.05, 0.1) is 11.9 Å². The third kappa shape index (κ3) is 2.97. The summed E-state index contributed by atoms with van der Waals surface area (Å²) in [4.78, 5) is 22.1. The Bertz CT molecular complexity index is 379. The first-order valence-electron chi connectivity index (χ1n) is 4.86. The summed E-state index contributed by atoms with van der Waals surface area (Å²) in [7, 11) is 1.63. The van der Waals surface area contributed by atoms with Crippen LogP contribution in [-0.2, 0) is 11.8 Å². The highest BCUT2D eigenvalue weighted by molar-refractivity contribution is 5.97. The molecule has 0 fully saturated rings. The zero-order chi connectivity index (χ0) is 12.1. The Morgan fingerprint density at radius 3 is 2.75 bits per heavy atom. The second-order valence-corrected chi connectivity index (χ2v) is 3.40. The number of carbonyl (C=O) groups is 2. The van der Waals surface area contributed by atoms with Gasteiger partial charge in [-0.2, -0.15) is 5.10 Å². The van der Waals surface area contributed by atoms with Gasteiger partial charge in [0.1, 0.15) is 5.69 Å². The van der Waals surface area contributed by atoms with Crippen LogP contribution in [0.25, 0.3) is 0 Å². The van der Waals surface area contributed by atoms with Gasteiger partial charge in [0, 0.05) is 20.0 Å². The number of nitrogen functional groups attached to an aromatic ring is 1. The average Bonchev–Trinajstić information content (AvgIpc) is 2.53. The zero-order valence-corrected chi connectivity index (χ0v) is 9.06. The first-order chi connectivity index (χ1) is 7.52. The van der Waals surface area contributed by atoms with Crippen LogP contribution in [0, 0.1) is 0 Å². The molecule has 0 aliphatic heterocycles. The molecular weight excluding hydrogens is 210 g/mol. The maximum Gasteiger partial charge on any atom is 0.271 e. The van der Waals surface area contributed by atoms with E-state index < -0.39 is 0 Å². The summed E-state index contributed by atoms with van der Waals surface area (Å²) in [6, 6.07) is 0. The maximum absolute atomic E-state index is 11.6. The van der Waals surface area contributed by atoms with E-state index in [2.05, 4.69) is 10.4 Å². The van der Waals surface area contributed by atoms with Crippen LogP contribution in [0.2, 0.25) is 0 Å². The van der Waals surface area contributed by atoms with Crippen molar-refractivity contribution < 1.29 is 9.59 Å².